The highest BCUT2D eigenvalue weighted by Gasteiger charge is 2.25. The van der Waals surface area contributed by atoms with Gasteiger partial charge >= 0.3 is 0 Å². The number of fused-ring (bicyclic) bond motifs is 1. The number of nitrogens with zero attached hydrogens (tertiary/aromatic N) is 2. The summed E-state index contributed by atoms with van der Waals surface area (Å²) < 4.78 is 13.0. The van der Waals surface area contributed by atoms with Crippen molar-refractivity contribution in [1.82, 2.24) is 9.38 Å². The Morgan fingerprint density at radius 1 is 1.17 bits per heavy atom. The number of thiazole rings is 1. The topological polar surface area (TPSA) is 52.8 Å². The van der Waals surface area contributed by atoms with Gasteiger partial charge < -0.3 is 9.47 Å². The van der Waals surface area contributed by atoms with Gasteiger partial charge in [0, 0.05) is 22.7 Å². The third-order valence-electron chi connectivity index (χ3n) is 4.00. The van der Waals surface area contributed by atoms with Crippen molar-refractivity contribution in [3.8, 4) is 22.8 Å². The molecule has 2 heterocycles. The Balaban J connectivity index is 2.30. The molecule has 0 saturated heterocycles. The zero-order chi connectivity index (χ0) is 17.5. The van der Waals surface area contributed by atoms with Crippen LogP contribution in [0.5, 0.6) is 11.5 Å². The molecular formula is C18H20N2O3S. The molecule has 0 bridgehead atoms. The number of methoxy groups -OCH3 is 2. The molecule has 24 heavy (non-hydrogen) atoms. The minimum absolute atomic E-state index is 0.0980. The van der Waals surface area contributed by atoms with E-state index in [9.17, 15) is 4.79 Å². The Labute approximate surface area is 144 Å². The highest BCUT2D eigenvalue weighted by Crippen LogP contribution is 2.41. The van der Waals surface area contributed by atoms with Crippen molar-refractivity contribution in [2.75, 3.05) is 14.2 Å². The van der Waals surface area contributed by atoms with E-state index in [1.807, 2.05) is 23.7 Å². The summed E-state index contributed by atoms with van der Waals surface area (Å²) in [6.45, 7) is 6.36. The maximum absolute atomic E-state index is 11.6. The highest BCUT2D eigenvalue weighted by atomic mass is 32.1. The van der Waals surface area contributed by atoms with Gasteiger partial charge in [0.1, 0.15) is 22.9 Å². The number of carbonyl (C=O) groups excluding carboxylic acids is 1. The van der Waals surface area contributed by atoms with Crippen LogP contribution in [0.15, 0.2) is 23.7 Å². The third kappa shape index (κ3) is 2.57. The molecule has 0 saturated carbocycles. The molecule has 0 spiro atoms. The number of imidazole rings is 1. The summed E-state index contributed by atoms with van der Waals surface area (Å²) in [5.41, 5.74) is 2.81. The number of aldehydes is 1. The summed E-state index contributed by atoms with van der Waals surface area (Å²) in [7, 11) is 3.27. The Morgan fingerprint density at radius 3 is 2.46 bits per heavy atom. The number of hydrogen-bond acceptors (Lipinski definition) is 5. The first-order valence-corrected chi connectivity index (χ1v) is 8.46. The third-order valence-corrected chi connectivity index (χ3v) is 4.75. The molecule has 5 nitrogen and oxygen atoms in total. The van der Waals surface area contributed by atoms with Crippen molar-refractivity contribution in [1.29, 1.82) is 0 Å². The van der Waals surface area contributed by atoms with Gasteiger partial charge in [-0.05, 0) is 17.5 Å². The zero-order valence-corrected chi connectivity index (χ0v) is 15.2. The van der Waals surface area contributed by atoms with Crippen LogP contribution >= 0.6 is 11.3 Å². The normalized spacial score (nSPS) is 11.7. The van der Waals surface area contributed by atoms with Crippen molar-refractivity contribution in [2.24, 2.45) is 0 Å². The molecule has 0 unspecified atom stereocenters. The minimum Gasteiger partial charge on any atom is -0.496 e. The SMILES string of the molecule is COc1cc(C(C)(C)C)c(OC)cc1-c1nc2sccn2c1C=O. The minimum atomic E-state index is -0.0980. The lowest BCUT2D eigenvalue weighted by atomic mass is 9.85. The average molecular weight is 344 g/mol. The lowest BCUT2D eigenvalue weighted by Gasteiger charge is -2.24. The summed E-state index contributed by atoms with van der Waals surface area (Å²) in [6.07, 6.45) is 2.67. The first-order chi connectivity index (χ1) is 11.4. The quantitative estimate of drug-likeness (QED) is 0.666. The van der Waals surface area contributed by atoms with Crippen molar-refractivity contribution >= 4 is 22.6 Å². The summed E-state index contributed by atoms with van der Waals surface area (Å²) in [5, 5.41) is 1.90. The van der Waals surface area contributed by atoms with E-state index in [1.54, 1.807) is 18.6 Å². The Morgan fingerprint density at radius 2 is 1.88 bits per heavy atom. The standard InChI is InChI=1S/C18H20N2O3S/c1-18(2,3)12-9-14(22-4)11(8-15(12)23-5)16-13(10-21)20-6-7-24-17(20)19-16/h6-10H,1-5H3. The fraction of sp³-hybridized carbons (Fsp3) is 0.333. The van der Waals surface area contributed by atoms with Crippen LogP contribution in [-0.2, 0) is 5.41 Å². The Bertz CT molecular complexity index is 903. The van der Waals surface area contributed by atoms with Crippen LogP contribution < -0.4 is 9.47 Å². The number of rotatable bonds is 4. The molecule has 2 aromatic heterocycles. The second-order valence-corrected chi connectivity index (χ2v) is 7.39. The van der Waals surface area contributed by atoms with E-state index in [-0.39, 0.29) is 5.41 Å². The van der Waals surface area contributed by atoms with E-state index in [2.05, 4.69) is 25.8 Å². The first-order valence-electron chi connectivity index (χ1n) is 7.58. The molecule has 1 aromatic carbocycles. The largest absolute Gasteiger partial charge is 0.496 e. The van der Waals surface area contributed by atoms with Crippen molar-refractivity contribution < 1.29 is 14.3 Å². The molecule has 0 amide bonds. The van der Waals surface area contributed by atoms with Crippen LogP contribution in [0.3, 0.4) is 0 Å². The molecule has 0 N–H and O–H groups in total. The van der Waals surface area contributed by atoms with Gasteiger partial charge in [0.15, 0.2) is 11.2 Å². The van der Waals surface area contributed by atoms with Gasteiger partial charge in [-0.25, -0.2) is 4.98 Å². The lowest BCUT2D eigenvalue weighted by molar-refractivity contribution is 0.111. The average Bonchev–Trinajstić information content (AvgIpc) is 3.12. The van der Waals surface area contributed by atoms with Gasteiger partial charge in [0.2, 0.25) is 0 Å². The molecule has 126 valence electrons. The monoisotopic (exact) mass is 344 g/mol. The number of hydrogen-bond donors (Lipinski definition) is 0. The molecule has 6 heteroatoms. The van der Waals surface area contributed by atoms with Gasteiger partial charge in [-0.15, -0.1) is 11.3 Å². The maximum atomic E-state index is 11.6. The molecule has 0 aliphatic heterocycles. The number of carbonyl (C=O) groups is 1. The van der Waals surface area contributed by atoms with Crippen LogP contribution in [0.2, 0.25) is 0 Å². The molecule has 0 fully saturated rings. The van der Waals surface area contributed by atoms with Crippen LogP contribution in [0.25, 0.3) is 16.2 Å². The number of ether oxygens (including phenoxy) is 2. The molecule has 0 radical (unpaired) electrons. The molecule has 0 aliphatic carbocycles. The molecule has 0 atom stereocenters. The van der Waals surface area contributed by atoms with Crippen molar-refractivity contribution in [3.63, 3.8) is 0 Å². The predicted molar refractivity (Wildman–Crippen MR) is 95.7 cm³/mol. The molecule has 0 aliphatic rings. The van der Waals surface area contributed by atoms with Gasteiger partial charge in [-0.3, -0.25) is 9.20 Å². The van der Waals surface area contributed by atoms with Gasteiger partial charge in [-0.1, -0.05) is 20.8 Å². The maximum Gasteiger partial charge on any atom is 0.194 e. The van der Waals surface area contributed by atoms with Gasteiger partial charge in [0.25, 0.3) is 0 Å². The zero-order valence-electron chi connectivity index (χ0n) is 14.4. The molecule has 3 rings (SSSR count). The molecule has 3 aromatic rings. The Kier molecular flexibility index (Phi) is 4.09. The number of aromatic nitrogens is 2. The second-order valence-electron chi connectivity index (χ2n) is 6.52. The van der Waals surface area contributed by atoms with E-state index in [0.29, 0.717) is 17.1 Å². The van der Waals surface area contributed by atoms with Crippen molar-refractivity contribution in [3.05, 3.63) is 35.0 Å². The summed E-state index contributed by atoms with van der Waals surface area (Å²) in [5.74, 6) is 1.43. The highest BCUT2D eigenvalue weighted by molar-refractivity contribution is 7.15. The Hall–Kier alpha value is -2.34. The van der Waals surface area contributed by atoms with E-state index < -0.39 is 0 Å². The fourth-order valence-electron chi connectivity index (χ4n) is 2.78. The van der Waals surface area contributed by atoms with Crippen molar-refractivity contribution in [2.45, 2.75) is 26.2 Å². The smallest absolute Gasteiger partial charge is 0.194 e. The fourth-order valence-corrected chi connectivity index (χ4v) is 3.50. The van der Waals surface area contributed by atoms with Gasteiger partial charge in [0.05, 0.1) is 14.2 Å². The van der Waals surface area contributed by atoms with Crippen LogP contribution in [0.4, 0.5) is 0 Å². The van der Waals surface area contributed by atoms with Crippen LogP contribution in [0, 0.1) is 0 Å². The van der Waals surface area contributed by atoms with E-state index in [0.717, 1.165) is 28.1 Å². The van der Waals surface area contributed by atoms with E-state index >= 15 is 0 Å². The predicted octanol–water partition coefficient (Wildman–Crippen LogP) is 4.19. The van der Waals surface area contributed by atoms with Gasteiger partial charge in [-0.2, -0.15) is 0 Å². The second kappa shape index (κ2) is 5.94. The lowest BCUT2D eigenvalue weighted by Crippen LogP contribution is -2.13. The summed E-state index contributed by atoms with van der Waals surface area (Å²) >= 11 is 1.48. The number of benzene rings is 1. The van der Waals surface area contributed by atoms with Crippen LogP contribution in [-0.4, -0.2) is 29.9 Å². The molecular weight excluding hydrogens is 324 g/mol. The summed E-state index contributed by atoms with van der Waals surface area (Å²) in [6, 6.07) is 3.87. The summed E-state index contributed by atoms with van der Waals surface area (Å²) in [4.78, 5) is 17.0. The van der Waals surface area contributed by atoms with E-state index in [4.69, 9.17) is 9.47 Å². The van der Waals surface area contributed by atoms with E-state index in [1.165, 1.54) is 11.3 Å². The van der Waals surface area contributed by atoms with Crippen LogP contribution in [0.1, 0.15) is 36.8 Å². The first kappa shape index (κ1) is 16.5.